The van der Waals surface area contributed by atoms with Gasteiger partial charge in [0.1, 0.15) is 0 Å². The first-order valence-corrected chi connectivity index (χ1v) is 8.46. The summed E-state index contributed by atoms with van der Waals surface area (Å²) in [4.78, 5) is 22.1. The Hall–Kier alpha value is -1.94. The fraction of sp³-hybridized carbons (Fsp3) is 0.474. The van der Waals surface area contributed by atoms with E-state index in [4.69, 9.17) is 0 Å². The molecule has 122 valence electrons. The summed E-state index contributed by atoms with van der Waals surface area (Å²) < 4.78 is 0. The summed E-state index contributed by atoms with van der Waals surface area (Å²) in [5, 5.41) is 0.953. The molecule has 3 rings (SSSR count). The van der Waals surface area contributed by atoms with E-state index in [0.29, 0.717) is 6.04 Å². The van der Waals surface area contributed by atoms with Crippen molar-refractivity contribution in [2.45, 2.75) is 32.7 Å². The first kappa shape index (κ1) is 15.9. The van der Waals surface area contributed by atoms with Gasteiger partial charge in [0.25, 0.3) is 5.91 Å². The van der Waals surface area contributed by atoms with Gasteiger partial charge in [0, 0.05) is 23.7 Å². The van der Waals surface area contributed by atoms with Crippen LogP contribution in [0.4, 0.5) is 0 Å². The molecule has 1 saturated heterocycles. The summed E-state index contributed by atoms with van der Waals surface area (Å²) in [6, 6.07) is 10.2. The molecule has 4 heteroatoms. The van der Waals surface area contributed by atoms with Crippen LogP contribution in [0.15, 0.2) is 30.3 Å². The fourth-order valence-electron chi connectivity index (χ4n) is 3.51. The number of pyridine rings is 1. The highest BCUT2D eigenvalue weighted by Crippen LogP contribution is 2.23. The van der Waals surface area contributed by atoms with Crippen molar-refractivity contribution in [1.29, 1.82) is 0 Å². The van der Waals surface area contributed by atoms with Gasteiger partial charge in [-0.15, -0.1) is 0 Å². The Labute approximate surface area is 138 Å². The standard InChI is InChI=1S/C19H25N3O/c1-4-22(15-9-11-21(3)12-10-15)19(23)17-13-14(2)20-18-8-6-5-7-16(17)18/h5-8,13,15H,4,9-12H2,1-3H3. The predicted octanol–water partition coefficient (Wildman–Crippen LogP) is 3.10. The Kier molecular flexibility index (Phi) is 4.62. The molecule has 1 aromatic heterocycles. The van der Waals surface area contributed by atoms with Gasteiger partial charge < -0.3 is 9.80 Å². The molecule has 0 unspecified atom stereocenters. The van der Waals surface area contributed by atoms with E-state index >= 15 is 0 Å². The van der Waals surface area contributed by atoms with Gasteiger partial charge >= 0.3 is 0 Å². The lowest BCUT2D eigenvalue weighted by molar-refractivity contribution is 0.0608. The van der Waals surface area contributed by atoms with Gasteiger partial charge in [-0.2, -0.15) is 0 Å². The van der Waals surface area contributed by atoms with Gasteiger partial charge in [-0.3, -0.25) is 9.78 Å². The molecule has 1 fully saturated rings. The molecule has 0 saturated carbocycles. The number of piperidine rings is 1. The molecule has 1 aliphatic rings. The highest BCUT2D eigenvalue weighted by molar-refractivity contribution is 6.06. The van der Waals surface area contributed by atoms with Crippen LogP contribution in [-0.2, 0) is 0 Å². The van der Waals surface area contributed by atoms with E-state index in [1.165, 1.54) is 0 Å². The summed E-state index contributed by atoms with van der Waals surface area (Å²) in [5.74, 6) is 0.142. The van der Waals surface area contributed by atoms with Crippen LogP contribution in [0.2, 0.25) is 0 Å². The number of rotatable bonds is 3. The number of nitrogens with zero attached hydrogens (tertiary/aromatic N) is 3. The van der Waals surface area contributed by atoms with Crippen LogP contribution >= 0.6 is 0 Å². The lowest BCUT2D eigenvalue weighted by atomic mass is 10.0. The Morgan fingerprint density at radius 3 is 2.70 bits per heavy atom. The zero-order valence-electron chi connectivity index (χ0n) is 14.2. The average molecular weight is 311 g/mol. The molecule has 2 aromatic rings. The van der Waals surface area contributed by atoms with Crippen molar-refractivity contribution in [1.82, 2.24) is 14.8 Å². The van der Waals surface area contributed by atoms with Crippen LogP contribution in [0.3, 0.4) is 0 Å². The van der Waals surface area contributed by atoms with Gasteiger partial charge in [-0.05, 0) is 59.0 Å². The largest absolute Gasteiger partial charge is 0.336 e. The molecule has 0 atom stereocenters. The highest BCUT2D eigenvalue weighted by atomic mass is 16.2. The molecule has 0 N–H and O–H groups in total. The molecule has 0 bridgehead atoms. The molecule has 2 heterocycles. The van der Waals surface area contributed by atoms with Gasteiger partial charge in [0.15, 0.2) is 0 Å². The quantitative estimate of drug-likeness (QED) is 0.874. The maximum atomic E-state index is 13.2. The number of hydrogen-bond acceptors (Lipinski definition) is 3. The van der Waals surface area contributed by atoms with Crippen LogP contribution < -0.4 is 0 Å². The summed E-state index contributed by atoms with van der Waals surface area (Å²) in [6.07, 6.45) is 2.11. The van der Waals surface area contributed by atoms with E-state index in [2.05, 4.69) is 23.9 Å². The number of benzene rings is 1. The number of hydrogen-bond donors (Lipinski definition) is 0. The second-order valence-corrected chi connectivity index (χ2v) is 6.45. The molecule has 23 heavy (non-hydrogen) atoms. The minimum Gasteiger partial charge on any atom is -0.336 e. The molecule has 4 nitrogen and oxygen atoms in total. The summed E-state index contributed by atoms with van der Waals surface area (Å²) >= 11 is 0. The summed E-state index contributed by atoms with van der Waals surface area (Å²) in [7, 11) is 2.15. The van der Waals surface area contributed by atoms with Crippen LogP contribution in [-0.4, -0.2) is 53.4 Å². The van der Waals surface area contributed by atoms with E-state index < -0.39 is 0 Å². The third-order valence-electron chi connectivity index (χ3n) is 4.81. The number of aryl methyl sites for hydroxylation is 1. The Balaban J connectivity index is 1.95. The van der Waals surface area contributed by atoms with Crippen molar-refractivity contribution in [3.05, 3.63) is 41.6 Å². The zero-order chi connectivity index (χ0) is 16.4. The lowest BCUT2D eigenvalue weighted by Crippen LogP contribution is -2.46. The van der Waals surface area contributed by atoms with Crippen molar-refractivity contribution >= 4 is 16.8 Å². The molecule has 1 aliphatic heterocycles. The Bertz CT molecular complexity index is 705. The van der Waals surface area contributed by atoms with Gasteiger partial charge in [-0.25, -0.2) is 0 Å². The van der Waals surface area contributed by atoms with Gasteiger partial charge in [-0.1, -0.05) is 18.2 Å². The highest BCUT2D eigenvalue weighted by Gasteiger charge is 2.27. The monoisotopic (exact) mass is 311 g/mol. The van der Waals surface area contributed by atoms with Gasteiger partial charge in [0.2, 0.25) is 0 Å². The van der Waals surface area contributed by atoms with Crippen LogP contribution in [0.25, 0.3) is 10.9 Å². The van der Waals surface area contributed by atoms with E-state index in [-0.39, 0.29) is 5.91 Å². The fourth-order valence-corrected chi connectivity index (χ4v) is 3.51. The number of amides is 1. The van der Waals surface area contributed by atoms with Crippen LogP contribution in [0.5, 0.6) is 0 Å². The van der Waals surface area contributed by atoms with Crippen molar-refractivity contribution in [3.8, 4) is 0 Å². The lowest BCUT2D eigenvalue weighted by Gasteiger charge is -2.37. The Morgan fingerprint density at radius 2 is 2.00 bits per heavy atom. The maximum absolute atomic E-state index is 13.2. The van der Waals surface area contributed by atoms with Crippen molar-refractivity contribution in [2.75, 3.05) is 26.7 Å². The zero-order valence-corrected chi connectivity index (χ0v) is 14.2. The number of carbonyl (C=O) groups excluding carboxylic acids is 1. The second kappa shape index (κ2) is 6.67. The molecular formula is C19H25N3O. The third-order valence-corrected chi connectivity index (χ3v) is 4.81. The molecule has 1 aromatic carbocycles. The number of likely N-dealkylation sites (tertiary alicyclic amines) is 1. The topological polar surface area (TPSA) is 36.4 Å². The number of fused-ring (bicyclic) bond motifs is 1. The first-order chi connectivity index (χ1) is 11.1. The van der Waals surface area contributed by atoms with Crippen LogP contribution in [0, 0.1) is 6.92 Å². The van der Waals surface area contributed by atoms with E-state index in [1.54, 1.807) is 0 Å². The SMILES string of the molecule is CCN(C(=O)c1cc(C)nc2ccccc12)C1CCN(C)CC1. The number of para-hydroxylation sites is 1. The summed E-state index contributed by atoms with van der Waals surface area (Å²) in [6.45, 7) is 6.90. The van der Waals surface area contributed by atoms with Crippen LogP contribution in [0.1, 0.15) is 35.8 Å². The number of aromatic nitrogens is 1. The van der Waals surface area contributed by atoms with E-state index in [1.807, 2.05) is 42.2 Å². The smallest absolute Gasteiger partial charge is 0.254 e. The molecule has 0 aliphatic carbocycles. The van der Waals surface area contributed by atoms with Crippen molar-refractivity contribution in [3.63, 3.8) is 0 Å². The van der Waals surface area contributed by atoms with Crippen molar-refractivity contribution < 1.29 is 4.79 Å². The number of carbonyl (C=O) groups is 1. The molecule has 0 spiro atoms. The average Bonchev–Trinajstić information content (AvgIpc) is 2.56. The normalized spacial score (nSPS) is 16.7. The molecular weight excluding hydrogens is 286 g/mol. The second-order valence-electron chi connectivity index (χ2n) is 6.45. The third kappa shape index (κ3) is 3.22. The summed E-state index contributed by atoms with van der Waals surface area (Å²) in [5.41, 5.74) is 2.58. The molecule has 1 amide bonds. The Morgan fingerprint density at radius 1 is 1.30 bits per heavy atom. The van der Waals surface area contributed by atoms with Gasteiger partial charge in [0.05, 0.1) is 11.1 Å². The predicted molar refractivity (Wildman–Crippen MR) is 93.7 cm³/mol. The van der Waals surface area contributed by atoms with E-state index in [9.17, 15) is 4.79 Å². The first-order valence-electron chi connectivity index (χ1n) is 8.46. The minimum absolute atomic E-state index is 0.142. The minimum atomic E-state index is 0.142. The van der Waals surface area contributed by atoms with E-state index in [0.717, 1.165) is 54.6 Å². The molecule has 0 radical (unpaired) electrons. The van der Waals surface area contributed by atoms with Crippen molar-refractivity contribution in [2.24, 2.45) is 0 Å². The maximum Gasteiger partial charge on any atom is 0.254 e.